The lowest BCUT2D eigenvalue weighted by atomic mass is 10.1. The van der Waals surface area contributed by atoms with Crippen LogP contribution in [0, 0.1) is 0 Å². The van der Waals surface area contributed by atoms with E-state index in [1.54, 1.807) is 0 Å². The number of nitrogens with one attached hydrogen (secondary N) is 2. The van der Waals surface area contributed by atoms with Gasteiger partial charge in [0, 0.05) is 26.2 Å². The highest BCUT2D eigenvalue weighted by Crippen LogP contribution is 2.49. The van der Waals surface area contributed by atoms with Gasteiger partial charge < -0.3 is 44.6 Å². The highest BCUT2D eigenvalue weighted by Gasteiger charge is 2.42. The fourth-order valence-electron chi connectivity index (χ4n) is 5.44. The van der Waals surface area contributed by atoms with Crippen LogP contribution in [0.1, 0.15) is 70.8 Å². The quantitative estimate of drug-likeness (QED) is 0.128. The second kappa shape index (κ2) is 20.1. The van der Waals surface area contributed by atoms with Crippen LogP contribution in [0.5, 0.6) is 0 Å². The van der Waals surface area contributed by atoms with Gasteiger partial charge in [-0.05, 0) is 51.0 Å². The van der Waals surface area contributed by atoms with Crippen LogP contribution in [-0.2, 0) is 44.3 Å². The van der Waals surface area contributed by atoms with Gasteiger partial charge in [-0.25, -0.2) is 14.4 Å². The summed E-state index contributed by atoms with van der Waals surface area (Å²) in [7, 11) is -4.71. The maximum atomic E-state index is 13.6. The second-order valence-corrected chi connectivity index (χ2v) is 13.9. The van der Waals surface area contributed by atoms with Crippen molar-refractivity contribution in [2.45, 2.75) is 95.9 Å². The molecule has 3 rings (SSSR count). The molecule has 4 N–H and O–H groups in total. The number of alkyl carbamates (subject to hydrolysis) is 1. The van der Waals surface area contributed by atoms with Crippen molar-refractivity contribution in [2.75, 3.05) is 39.4 Å². The first-order valence-electron chi connectivity index (χ1n) is 16.7. The molecule has 0 spiro atoms. The number of carbonyl (C=O) groups excluding carboxylic acids is 4. The van der Waals surface area contributed by atoms with E-state index in [0.717, 1.165) is 10.5 Å². The SMILES string of the molecule is CCCCC(NC(=O)[C@H](CCCCNC(=O)OCc1ccccc1)OC(=O)N1CCOCC1)P(=O)(O)O[C@@H](C)C(=O)N1CCC[C@H]1C(=O)O. The average molecular weight is 713 g/mol. The van der Waals surface area contributed by atoms with Crippen LogP contribution in [0.4, 0.5) is 9.59 Å². The molecule has 2 aliphatic heterocycles. The van der Waals surface area contributed by atoms with Crippen molar-refractivity contribution < 1.29 is 57.3 Å². The van der Waals surface area contributed by atoms with Gasteiger partial charge in [0.25, 0.3) is 11.8 Å². The number of carboxylic acids is 1. The molecule has 17 heteroatoms. The molecule has 1 aromatic rings. The number of aliphatic carboxylic acids is 1. The summed E-state index contributed by atoms with van der Waals surface area (Å²) in [6, 6.07) is 8.14. The zero-order chi connectivity index (χ0) is 35.8. The molecule has 274 valence electrons. The predicted molar refractivity (Wildman–Crippen MR) is 175 cm³/mol. The number of morpholine rings is 1. The summed E-state index contributed by atoms with van der Waals surface area (Å²) in [6.45, 7) is 4.79. The van der Waals surface area contributed by atoms with Crippen LogP contribution in [0.15, 0.2) is 30.3 Å². The zero-order valence-corrected chi connectivity index (χ0v) is 29.0. The van der Waals surface area contributed by atoms with Crippen LogP contribution in [0.25, 0.3) is 0 Å². The van der Waals surface area contributed by atoms with E-state index < -0.39 is 61.6 Å². The third kappa shape index (κ3) is 12.9. The zero-order valence-electron chi connectivity index (χ0n) is 28.1. The van der Waals surface area contributed by atoms with Gasteiger partial charge in [0.05, 0.1) is 13.2 Å². The van der Waals surface area contributed by atoms with Crippen LogP contribution in [-0.4, -0.2) is 113 Å². The van der Waals surface area contributed by atoms with Crippen molar-refractivity contribution in [1.29, 1.82) is 0 Å². The van der Waals surface area contributed by atoms with E-state index in [1.165, 1.54) is 11.8 Å². The minimum absolute atomic E-state index is 0.0253. The van der Waals surface area contributed by atoms with E-state index in [9.17, 15) is 38.5 Å². The van der Waals surface area contributed by atoms with Gasteiger partial charge in [-0.1, -0.05) is 50.1 Å². The summed E-state index contributed by atoms with van der Waals surface area (Å²) in [6.07, 6.45) is -1.55. The predicted octanol–water partition coefficient (Wildman–Crippen LogP) is 3.22. The molecule has 2 fully saturated rings. The van der Waals surface area contributed by atoms with Crippen molar-refractivity contribution in [3.63, 3.8) is 0 Å². The Morgan fingerprint density at radius 2 is 1.76 bits per heavy atom. The van der Waals surface area contributed by atoms with Gasteiger partial charge in [0.15, 0.2) is 6.10 Å². The second-order valence-electron chi connectivity index (χ2n) is 12.0. The van der Waals surface area contributed by atoms with Gasteiger partial charge in [0.1, 0.15) is 24.5 Å². The average Bonchev–Trinajstić information content (AvgIpc) is 3.59. The molecule has 2 aliphatic rings. The van der Waals surface area contributed by atoms with Crippen molar-refractivity contribution in [3.8, 4) is 0 Å². The normalized spacial score (nSPS) is 19.2. The van der Waals surface area contributed by atoms with Crippen LogP contribution in [0.3, 0.4) is 0 Å². The number of hydrogen-bond donors (Lipinski definition) is 4. The first-order chi connectivity index (χ1) is 23.4. The van der Waals surface area contributed by atoms with E-state index in [4.69, 9.17) is 18.7 Å². The number of unbranched alkanes of at least 4 members (excludes halogenated alkanes) is 2. The van der Waals surface area contributed by atoms with Gasteiger partial charge in [-0.3, -0.25) is 18.7 Å². The Morgan fingerprint density at radius 3 is 2.43 bits per heavy atom. The molecule has 16 nitrogen and oxygen atoms in total. The standard InChI is InChI=1S/C32H49N4O12P/c1-3-4-15-27(49(43,44)48-23(2)29(38)36-17-10-13-25(36)30(39)40)34-28(37)26(47-32(42)35-18-20-45-21-19-35)14-8-9-16-33-31(41)46-22-24-11-6-5-7-12-24/h5-7,11-12,23,25-27H,3-4,8-10,13-22H2,1-2H3,(H,33,41)(H,34,37)(H,39,40)(H,43,44)/t23-,25-,26-,27?/m0/s1. The Morgan fingerprint density at radius 1 is 1.04 bits per heavy atom. The molecule has 0 aliphatic carbocycles. The van der Waals surface area contributed by atoms with E-state index in [-0.39, 0.29) is 52.0 Å². The molecule has 0 bridgehead atoms. The smallest absolute Gasteiger partial charge is 0.410 e. The summed E-state index contributed by atoms with van der Waals surface area (Å²) in [5, 5.41) is 14.6. The Labute approximate surface area is 286 Å². The Bertz CT molecular complexity index is 1300. The number of amides is 4. The summed E-state index contributed by atoms with van der Waals surface area (Å²) >= 11 is 0. The van der Waals surface area contributed by atoms with Gasteiger partial charge in [-0.2, -0.15) is 0 Å². The largest absolute Gasteiger partial charge is 0.480 e. The van der Waals surface area contributed by atoms with Gasteiger partial charge in [0.2, 0.25) is 0 Å². The molecule has 2 saturated heterocycles. The molecule has 0 radical (unpaired) electrons. The van der Waals surface area contributed by atoms with Crippen molar-refractivity contribution in [2.24, 2.45) is 0 Å². The maximum absolute atomic E-state index is 13.6. The van der Waals surface area contributed by atoms with E-state index in [1.807, 2.05) is 37.3 Å². The molecule has 0 saturated carbocycles. The minimum Gasteiger partial charge on any atom is -0.480 e. The minimum atomic E-state index is -4.71. The fraction of sp³-hybridized carbons (Fsp3) is 0.656. The number of rotatable bonds is 18. The number of ether oxygens (including phenoxy) is 3. The van der Waals surface area contributed by atoms with Crippen LogP contribution < -0.4 is 10.6 Å². The van der Waals surface area contributed by atoms with Crippen LogP contribution in [0.2, 0.25) is 0 Å². The number of hydrogen-bond acceptors (Lipinski definition) is 10. The molecule has 5 atom stereocenters. The summed E-state index contributed by atoms with van der Waals surface area (Å²) < 4.78 is 35.0. The number of nitrogens with zero attached hydrogens (tertiary/aromatic N) is 2. The topological polar surface area (TPSA) is 210 Å². The number of carbonyl (C=O) groups is 5. The van der Waals surface area contributed by atoms with Crippen molar-refractivity contribution >= 4 is 37.6 Å². The Hall–Kier alpha value is -3.72. The van der Waals surface area contributed by atoms with E-state index in [0.29, 0.717) is 45.3 Å². The molecule has 1 aromatic carbocycles. The summed E-state index contributed by atoms with van der Waals surface area (Å²) in [5.41, 5.74) is 0.836. The Kier molecular flexibility index (Phi) is 16.3. The molecule has 2 unspecified atom stereocenters. The first kappa shape index (κ1) is 39.7. The molecule has 4 amide bonds. The lowest BCUT2D eigenvalue weighted by molar-refractivity contribution is -0.151. The molecular formula is C32H49N4O12P. The van der Waals surface area contributed by atoms with Gasteiger partial charge >= 0.3 is 25.8 Å². The maximum Gasteiger partial charge on any atom is 0.410 e. The Balaban J connectivity index is 1.62. The lowest BCUT2D eigenvalue weighted by Crippen LogP contribution is -2.48. The highest BCUT2D eigenvalue weighted by molar-refractivity contribution is 7.53. The molecular weight excluding hydrogens is 663 g/mol. The number of carboxylic acid groups (broad SMARTS) is 1. The highest BCUT2D eigenvalue weighted by atomic mass is 31.2. The molecule has 49 heavy (non-hydrogen) atoms. The molecule has 0 aromatic heterocycles. The van der Waals surface area contributed by atoms with Gasteiger partial charge in [-0.15, -0.1) is 0 Å². The van der Waals surface area contributed by atoms with Crippen molar-refractivity contribution in [1.82, 2.24) is 20.4 Å². The first-order valence-corrected chi connectivity index (χ1v) is 18.4. The summed E-state index contributed by atoms with van der Waals surface area (Å²) in [5.74, 6) is -4.17. The molecule has 2 heterocycles. The number of benzene rings is 1. The van der Waals surface area contributed by atoms with E-state index >= 15 is 0 Å². The van der Waals surface area contributed by atoms with E-state index in [2.05, 4.69) is 10.6 Å². The fourth-order valence-corrected chi connectivity index (χ4v) is 6.93. The van der Waals surface area contributed by atoms with Crippen molar-refractivity contribution in [3.05, 3.63) is 35.9 Å². The third-order valence-electron chi connectivity index (χ3n) is 8.19. The lowest BCUT2D eigenvalue weighted by Gasteiger charge is -2.31. The monoisotopic (exact) mass is 712 g/mol. The summed E-state index contributed by atoms with van der Waals surface area (Å²) in [4.78, 5) is 76.7. The number of likely N-dealkylation sites (tertiary alicyclic amines) is 1. The van der Waals surface area contributed by atoms with Crippen LogP contribution >= 0.6 is 7.60 Å². The third-order valence-corrected chi connectivity index (χ3v) is 9.98.